The summed E-state index contributed by atoms with van der Waals surface area (Å²) in [7, 11) is 3.30. The Labute approximate surface area is 113 Å². The highest BCUT2D eigenvalue weighted by atomic mass is 35.5. The van der Waals surface area contributed by atoms with E-state index in [-0.39, 0.29) is 11.0 Å². The van der Waals surface area contributed by atoms with Crippen LogP contribution >= 0.6 is 11.6 Å². The molecule has 0 amide bonds. The molecule has 0 spiro atoms. The Balaban J connectivity index is 2.36. The molecule has 0 bridgehead atoms. The summed E-state index contributed by atoms with van der Waals surface area (Å²) in [6.07, 6.45) is 1.69. The molecule has 0 aromatic heterocycles. The maximum absolute atomic E-state index is 6.26. The van der Waals surface area contributed by atoms with Crippen molar-refractivity contribution in [3.63, 3.8) is 0 Å². The molecule has 4 heteroatoms. The van der Waals surface area contributed by atoms with Crippen molar-refractivity contribution >= 4 is 11.6 Å². The lowest BCUT2D eigenvalue weighted by Crippen LogP contribution is -2.35. The van der Waals surface area contributed by atoms with Crippen molar-refractivity contribution in [2.75, 3.05) is 20.8 Å². The first kappa shape index (κ1) is 13.5. The Morgan fingerprint density at radius 1 is 1.33 bits per heavy atom. The lowest BCUT2D eigenvalue weighted by Gasteiger charge is -2.37. The van der Waals surface area contributed by atoms with E-state index < -0.39 is 0 Å². The van der Waals surface area contributed by atoms with Gasteiger partial charge in [0.2, 0.25) is 0 Å². The minimum atomic E-state index is -0.387. The SMILES string of the molecule is COc1ccc(C2(C)CC(Cl)CCO2)c(OC)c1. The van der Waals surface area contributed by atoms with Crippen LogP contribution in [0.1, 0.15) is 25.3 Å². The van der Waals surface area contributed by atoms with Crippen LogP contribution in [-0.4, -0.2) is 26.2 Å². The van der Waals surface area contributed by atoms with Gasteiger partial charge in [-0.15, -0.1) is 11.6 Å². The fourth-order valence-electron chi connectivity index (χ4n) is 2.42. The van der Waals surface area contributed by atoms with Crippen molar-refractivity contribution in [1.82, 2.24) is 0 Å². The van der Waals surface area contributed by atoms with Gasteiger partial charge in [-0.05, 0) is 31.9 Å². The van der Waals surface area contributed by atoms with E-state index in [1.54, 1.807) is 14.2 Å². The van der Waals surface area contributed by atoms with Crippen LogP contribution in [0.3, 0.4) is 0 Å². The molecule has 0 saturated carbocycles. The standard InChI is InChI=1S/C14H19ClO3/c1-14(9-10(15)6-7-18-14)12-5-4-11(16-2)8-13(12)17-3/h4-5,8,10H,6-7,9H2,1-3H3. The number of hydrogen-bond donors (Lipinski definition) is 0. The summed E-state index contributed by atoms with van der Waals surface area (Å²) < 4.78 is 16.6. The van der Waals surface area contributed by atoms with Gasteiger partial charge in [0.15, 0.2) is 0 Å². The molecule has 2 unspecified atom stereocenters. The topological polar surface area (TPSA) is 27.7 Å². The van der Waals surface area contributed by atoms with E-state index in [0.717, 1.165) is 29.9 Å². The highest BCUT2D eigenvalue weighted by Crippen LogP contribution is 2.42. The third-order valence-electron chi connectivity index (χ3n) is 3.44. The van der Waals surface area contributed by atoms with Crippen LogP contribution in [0, 0.1) is 0 Å². The van der Waals surface area contributed by atoms with Gasteiger partial charge in [0, 0.05) is 23.6 Å². The molecular weight excluding hydrogens is 252 g/mol. The largest absolute Gasteiger partial charge is 0.497 e. The van der Waals surface area contributed by atoms with Crippen LogP contribution < -0.4 is 9.47 Å². The molecular formula is C14H19ClO3. The van der Waals surface area contributed by atoms with Gasteiger partial charge in [-0.1, -0.05) is 0 Å². The van der Waals surface area contributed by atoms with E-state index in [0.29, 0.717) is 6.61 Å². The van der Waals surface area contributed by atoms with Crippen LogP contribution in [0.4, 0.5) is 0 Å². The molecule has 1 saturated heterocycles. The molecule has 0 radical (unpaired) electrons. The van der Waals surface area contributed by atoms with Gasteiger partial charge in [-0.2, -0.15) is 0 Å². The number of alkyl halides is 1. The highest BCUT2D eigenvalue weighted by molar-refractivity contribution is 6.20. The average Bonchev–Trinajstić information content (AvgIpc) is 2.37. The van der Waals surface area contributed by atoms with E-state index >= 15 is 0 Å². The quantitative estimate of drug-likeness (QED) is 0.789. The first-order valence-electron chi connectivity index (χ1n) is 6.09. The van der Waals surface area contributed by atoms with Crippen molar-refractivity contribution in [2.45, 2.75) is 30.7 Å². The number of methoxy groups -OCH3 is 2. The highest BCUT2D eigenvalue weighted by Gasteiger charge is 2.36. The second-order valence-corrected chi connectivity index (χ2v) is 5.35. The van der Waals surface area contributed by atoms with Crippen LogP contribution in [0.5, 0.6) is 11.5 Å². The lowest BCUT2D eigenvalue weighted by molar-refractivity contribution is -0.0695. The predicted molar refractivity (Wildman–Crippen MR) is 71.7 cm³/mol. The summed E-state index contributed by atoms with van der Waals surface area (Å²) in [6, 6.07) is 5.79. The van der Waals surface area contributed by atoms with Crippen molar-refractivity contribution < 1.29 is 14.2 Å². The number of hydrogen-bond acceptors (Lipinski definition) is 3. The normalized spacial score (nSPS) is 27.9. The molecule has 2 rings (SSSR count). The van der Waals surface area contributed by atoms with Gasteiger partial charge in [0.1, 0.15) is 11.5 Å². The average molecular weight is 271 g/mol. The predicted octanol–water partition coefficient (Wildman–Crippen LogP) is 3.34. The first-order valence-corrected chi connectivity index (χ1v) is 6.53. The summed E-state index contributed by atoms with van der Waals surface area (Å²) in [5.41, 5.74) is 0.638. The zero-order chi connectivity index (χ0) is 13.2. The maximum Gasteiger partial charge on any atom is 0.128 e. The van der Waals surface area contributed by atoms with Crippen molar-refractivity contribution in [3.05, 3.63) is 23.8 Å². The molecule has 1 aromatic carbocycles. The molecule has 3 nitrogen and oxygen atoms in total. The second-order valence-electron chi connectivity index (χ2n) is 4.74. The molecule has 2 atom stereocenters. The molecule has 0 aliphatic carbocycles. The van der Waals surface area contributed by atoms with E-state index in [4.69, 9.17) is 25.8 Å². The Morgan fingerprint density at radius 2 is 2.11 bits per heavy atom. The minimum absolute atomic E-state index is 0.149. The van der Waals surface area contributed by atoms with Crippen LogP contribution in [0.2, 0.25) is 0 Å². The van der Waals surface area contributed by atoms with E-state index in [2.05, 4.69) is 6.92 Å². The smallest absolute Gasteiger partial charge is 0.128 e. The Hall–Kier alpha value is -0.930. The number of benzene rings is 1. The van der Waals surface area contributed by atoms with E-state index in [1.807, 2.05) is 18.2 Å². The van der Waals surface area contributed by atoms with Crippen LogP contribution in [0.25, 0.3) is 0 Å². The summed E-state index contributed by atoms with van der Waals surface area (Å²) >= 11 is 6.26. The second kappa shape index (κ2) is 5.37. The Bertz CT molecular complexity index is 422. The van der Waals surface area contributed by atoms with Gasteiger partial charge in [-0.3, -0.25) is 0 Å². The summed E-state index contributed by atoms with van der Waals surface area (Å²) in [5.74, 6) is 1.56. The van der Waals surface area contributed by atoms with Gasteiger partial charge < -0.3 is 14.2 Å². The minimum Gasteiger partial charge on any atom is -0.497 e. The van der Waals surface area contributed by atoms with Gasteiger partial charge in [0.05, 0.1) is 19.8 Å². The number of rotatable bonds is 3. The third-order valence-corrected chi connectivity index (χ3v) is 3.81. The molecule has 1 aliphatic heterocycles. The molecule has 100 valence electrons. The number of halogens is 1. The Morgan fingerprint density at radius 3 is 2.72 bits per heavy atom. The van der Waals surface area contributed by atoms with Crippen LogP contribution in [-0.2, 0) is 10.3 Å². The van der Waals surface area contributed by atoms with Gasteiger partial charge >= 0.3 is 0 Å². The van der Waals surface area contributed by atoms with E-state index in [9.17, 15) is 0 Å². The monoisotopic (exact) mass is 270 g/mol. The van der Waals surface area contributed by atoms with Gasteiger partial charge in [-0.25, -0.2) is 0 Å². The Kier molecular flexibility index (Phi) is 4.03. The first-order chi connectivity index (χ1) is 8.59. The van der Waals surface area contributed by atoms with Crippen molar-refractivity contribution in [1.29, 1.82) is 0 Å². The third kappa shape index (κ3) is 2.57. The van der Waals surface area contributed by atoms with E-state index in [1.165, 1.54) is 0 Å². The molecule has 18 heavy (non-hydrogen) atoms. The maximum atomic E-state index is 6.26. The molecule has 1 heterocycles. The lowest BCUT2D eigenvalue weighted by atomic mass is 9.87. The molecule has 1 fully saturated rings. The molecule has 1 aliphatic rings. The van der Waals surface area contributed by atoms with Crippen molar-refractivity contribution in [2.24, 2.45) is 0 Å². The summed E-state index contributed by atoms with van der Waals surface area (Å²) in [5, 5.41) is 0.149. The fourth-order valence-corrected chi connectivity index (χ4v) is 2.80. The summed E-state index contributed by atoms with van der Waals surface area (Å²) in [4.78, 5) is 0. The molecule has 1 aromatic rings. The zero-order valence-corrected chi connectivity index (χ0v) is 11.8. The van der Waals surface area contributed by atoms with Crippen molar-refractivity contribution in [3.8, 4) is 11.5 Å². The molecule has 0 N–H and O–H groups in total. The number of ether oxygens (including phenoxy) is 3. The van der Waals surface area contributed by atoms with Crippen LogP contribution in [0.15, 0.2) is 18.2 Å². The fraction of sp³-hybridized carbons (Fsp3) is 0.571. The zero-order valence-electron chi connectivity index (χ0n) is 11.0. The van der Waals surface area contributed by atoms with Gasteiger partial charge in [0.25, 0.3) is 0 Å². The summed E-state index contributed by atoms with van der Waals surface area (Å²) in [6.45, 7) is 2.74.